The zero-order chi connectivity index (χ0) is 19.5. The smallest absolute Gasteiger partial charge is 0.255 e. The molecule has 2 aromatic rings. The van der Waals surface area contributed by atoms with Gasteiger partial charge in [0.15, 0.2) is 0 Å². The van der Waals surface area contributed by atoms with E-state index in [9.17, 15) is 16.8 Å². The number of anilines is 1. The fourth-order valence-electron chi connectivity index (χ4n) is 2.74. The van der Waals surface area contributed by atoms with Crippen molar-refractivity contribution in [3.8, 4) is 0 Å². The second-order valence-corrected chi connectivity index (χ2v) is 10.1. The quantitative estimate of drug-likeness (QED) is 0.765. The van der Waals surface area contributed by atoms with Crippen molar-refractivity contribution in [2.45, 2.75) is 17.7 Å². The monoisotopic (exact) mass is 426 g/mol. The van der Waals surface area contributed by atoms with E-state index in [1.54, 1.807) is 24.3 Å². The second-order valence-electron chi connectivity index (χ2n) is 6.14. The molecule has 1 heterocycles. The predicted octanol–water partition coefficient (Wildman–Crippen LogP) is 3.54. The predicted molar refractivity (Wildman–Crippen MR) is 107 cm³/mol. The summed E-state index contributed by atoms with van der Waals surface area (Å²) in [5.74, 6) is 0. The Kier molecular flexibility index (Phi) is 5.90. The minimum absolute atomic E-state index is 0.0753. The van der Waals surface area contributed by atoms with Crippen molar-refractivity contribution in [3.63, 3.8) is 0 Å². The summed E-state index contributed by atoms with van der Waals surface area (Å²) in [6.45, 7) is 0.976. The van der Waals surface area contributed by atoms with E-state index in [0.717, 1.165) is 18.2 Å². The summed E-state index contributed by atoms with van der Waals surface area (Å²) in [4.78, 5) is 0.0753. The zero-order valence-electron chi connectivity index (χ0n) is 14.4. The molecule has 6 nitrogen and oxygen atoms in total. The van der Waals surface area contributed by atoms with Gasteiger partial charge in [-0.05, 0) is 54.8 Å². The molecule has 27 heavy (non-hydrogen) atoms. The van der Waals surface area contributed by atoms with Crippen molar-refractivity contribution in [3.05, 3.63) is 64.5 Å². The van der Waals surface area contributed by atoms with Gasteiger partial charge in [-0.1, -0.05) is 29.8 Å². The first-order valence-corrected chi connectivity index (χ1v) is 11.7. The number of hydrogen-bond acceptors (Lipinski definition) is 4. The van der Waals surface area contributed by atoms with Crippen molar-refractivity contribution in [1.29, 1.82) is 0 Å². The van der Waals surface area contributed by atoms with Gasteiger partial charge >= 0.3 is 0 Å². The van der Waals surface area contributed by atoms with Crippen LogP contribution in [0.1, 0.15) is 18.4 Å². The number of nitrogens with zero attached hydrogens (tertiary/aromatic N) is 1. The third-order valence-electron chi connectivity index (χ3n) is 4.11. The Morgan fingerprint density at radius 1 is 0.963 bits per heavy atom. The lowest BCUT2D eigenvalue weighted by Crippen LogP contribution is -2.27. The van der Waals surface area contributed by atoms with E-state index in [-0.39, 0.29) is 10.6 Å². The van der Waals surface area contributed by atoms with Crippen LogP contribution < -0.4 is 4.72 Å². The molecule has 0 spiro atoms. The summed E-state index contributed by atoms with van der Waals surface area (Å²) >= 11 is 5.80. The highest BCUT2D eigenvalue weighted by Crippen LogP contribution is 2.23. The first kappa shape index (κ1) is 19.9. The SMILES string of the molecule is O=S(=O)(C=Cc1ccc(Cl)cc1)Nc1cccc(S(=O)(=O)N2CCCC2)c1. The molecule has 1 N–H and O–H groups in total. The molecule has 0 unspecified atom stereocenters. The molecule has 0 atom stereocenters. The molecule has 0 aromatic heterocycles. The Morgan fingerprint density at radius 3 is 2.30 bits per heavy atom. The van der Waals surface area contributed by atoms with Crippen LogP contribution in [0, 0.1) is 0 Å². The van der Waals surface area contributed by atoms with Crippen LogP contribution in [0.5, 0.6) is 0 Å². The lowest BCUT2D eigenvalue weighted by Gasteiger charge is -2.16. The van der Waals surface area contributed by atoms with E-state index < -0.39 is 20.0 Å². The number of halogens is 1. The number of sulfonamides is 2. The average molecular weight is 427 g/mol. The van der Waals surface area contributed by atoms with E-state index in [0.29, 0.717) is 23.7 Å². The van der Waals surface area contributed by atoms with E-state index in [1.807, 2.05) is 0 Å². The summed E-state index contributed by atoms with van der Waals surface area (Å²) in [6, 6.07) is 12.5. The van der Waals surface area contributed by atoms with Crippen LogP contribution in [0.25, 0.3) is 6.08 Å². The van der Waals surface area contributed by atoms with Gasteiger partial charge < -0.3 is 0 Å². The molecule has 1 aliphatic rings. The molecule has 1 fully saturated rings. The summed E-state index contributed by atoms with van der Waals surface area (Å²) in [6.07, 6.45) is 3.10. The molecule has 2 aromatic carbocycles. The topological polar surface area (TPSA) is 83.5 Å². The molecule has 3 rings (SSSR count). The second kappa shape index (κ2) is 8.02. The number of benzene rings is 2. The van der Waals surface area contributed by atoms with Gasteiger partial charge in [0.05, 0.1) is 16.0 Å². The van der Waals surface area contributed by atoms with Crippen LogP contribution in [-0.4, -0.2) is 34.2 Å². The van der Waals surface area contributed by atoms with E-state index >= 15 is 0 Å². The highest BCUT2D eigenvalue weighted by molar-refractivity contribution is 7.95. The number of rotatable bonds is 6. The zero-order valence-corrected chi connectivity index (χ0v) is 16.8. The van der Waals surface area contributed by atoms with Crippen LogP contribution in [0.2, 0.25) is 5.02 Å². The summed E-state index contributed by atoms with van der Waals surface area (Å²) in [7, 11) is -7.40. The molecule has 0 amide bonds. The molecule has 0 aliphatic carbocycles. The fourth-order valence-corrected chi connectivity index (χ4v) is 5.29. The normalized spacial score (nSPS) is 16.0. The molecule has 0 saturated carbocycles. The fraction of sp³-hybridized carbons (Fsp3) is 0.222. The van der Waals surface area contributed by atoms with Gasteiger partial charge in [0, 0.05) is 18.1 Å². The maximum Gasteiger partial charge on any atom is 0.255 e. The Labute approximate surface area is 164 Å². The molecule has 0 radical (unpaired) electrons. The third kappa shape index (κ3) is 5.10. The van der Waals surface area contributed by atoms with Gasteiger partial charge in [0.1, 0.15) is 0 Å². The van der Waals surface area contributed by atoms with Gasteiger partial charge in [-0.3, -0.25) is 4.72 Å². The van der Waals surface area contributed by atoms with Crippen LogP contribution >= 0.6 is 11.6 Å². The van der Waals surface area contributed by atoms with Crippen molar-refractivity contribution >= 4 is 43.4 Å². The minimum atomic E-state index is -3.80. The van der Waals surface area contributed by atoms with Crippen LogP contribution in [0.15, 0.2) is 58.8 Å². The molecular weight excluding hydrogens is 408 g/mol. The molecule has 144 valence electrons. The van der Waals surface area contributed by atoms with Gasteiger partial charge in [-0.15, -0.1) is 0 Å². The Balaban J connectivity index is 1.78. The first-order chi connectivity index (χ1) is 12.8. The number of hydrogen-bond donors (Lipinski definition) is 1. The van der Waals surface area contributed by atoms with E-state index in [4.69, 9.17) is 11.6 Å². The molecule has 1 saturated heterocycles. The Morgan fingerprint density at radius 2 is 1.63 bits per heavy atom. The highest BCUT2D eigenvalue weighted by atomic mass is 35.5. The standard InChI is InChI=1S/C18H19ClN2O4S2/c19-16-8-6-15(7-9-16)10-13-26(22,23)20-17-4-3-5-18(14-17)27(24,25)21-11-1-2-12-21/h3-10,13-14,20H,1-2,11-12H2. The van der Waals surface area contributed by atoms with E-state index in [1.165, 1.54) is 34.6 Å². The lowest BCUT2D eigenvalue weighted by molar-refractivity contribution is 0.477. The molecule has 1 aliphatic heterocycles. The average Bonchev–Trinajstić information content (AvgIpc) is 3.17. The van der Waals surface area contributed by atoms with Gasteiger partial charge in [-0.25, -0.2) is 16.8 Å². The Bertz CT molecular complexity index is 1040. The van der Waals surface area contributed by atoms with Crippen LogP contribution in [0.4, 0.5) is 5.69 Å². The number of nitrogens with one attached hydrogen (secondary N) is 1. The molecule has 0 bridgehead atoms. The summed E-state index contributed by atoms with van der Waals surface area (Å²) in [5, 5.41) is 1.59. The van der Waals surface area contributed by atoms with Crippen LogP contribution in [-0.2, 0) is 20.0 Å². The maximum atomic E-state index is 12.6. The minimum Gasteiger partial charge on any atom is -0.280 e. The molecular formula is C18H19ClN2O4S2. The van der Waals surface area contributed by atoms with Gasteiger partial charge in [-0.2, -0.15) is 4.31 Å². The largest absolute Gasteiger partial charge is 0.280 e. The summed E-state index contributed by atoms with van der Waals surface area (Å²) < 4.78 is 53.6. The summed E-state index contributed by atoms with van der Waals surface area (Å²) in [5.41, 5.74) is 0.867. The highest BCUT2D eigenvalue weighted by Gasteiger charge is 2.27. The lowest BCUT2D eigenvalue weighted by atomic mass is 10.2. The Hall–Kier alpha value is -1.87. The van der Waals surface area contributed by atoms with Gasteiger partial charge in [0.2, 0.25) is 10.0 Å². The van der Waals surface area contributed by atoms with Crippen molar-refractivity contribution < 1.29 is 16.8 Å². The molecule has 9 heteroatoms. The van der Waals surface area contributed by atoms with Gasteiger partial charge in [0.25, 0.3) is 10.0 Å². The van der Waals surface area contributed by atoms with Crippen molar-refractivity contribution in [2.24, 2.45) is 0 Å². The van der Waals surface area contributed by atoms with Crippen molar-refractivity contribution in [1.82, 2.24) is 4.31 Å². The maximum absolute atomic E-state index is 12.6. The third-order valence-corrected chi connectivity index (χ3v) is 7.27. The van der Waals surface area contributed by atoms with Crippen LogP contribution in [0.3, 0.4) is 0 Å². The van der Waals surface area contributed by atoms with Crippen molar-refractivity contribution in [2.75, 3.05) is 17.8 Å². The first-order valence-electron chi connectivity index (χ1n) is 8.33. The van der Waals surface area contributed by atoms with E-state index in [2.05, 4.69) is 4.72 Å².